The Balaban J connectivity index is 2.14. The Morgan fingerprint density at radius 1 is 1.33 bits per heavy atom. The second kappa shape index (κ2) is 5.60. The standard InChI is InChI=1S/C12H11FN2O5S/c13-21(19,20)8-3-1-2-7(6-8)11(17)14-9-4-5-10(16)15-12(9)18/h1-3,6,9H,4-5H2,(H,14,17)(H,15,16,18). The first-order valence-electron chi connectivity index (χ1n) is 5.96. The Bertz CT molecular complexity index is 716. The molecule has 21 heavy (non-hydrogen) atoms. The molecule has 1 aromatic carbocycles. The highest BCUT2D eigenvalue weighted by molar-refractivity contribution is 7.86. The van der Waals surface area contributed by atoms with E-state index in [0.29, 0.717) is 0 Å². The highest BCUT2D eigenvalue weighted by atomic mass is 32.3. The van der Waals surface area contributed by atoms with Crippen molar-refractivity contribution in [2.45, 2.75) is 23.8 Å². The molecule has 1 fully saturated rings. The van der Waals surface area contributed by atoms with Crippen molar-refractivity contribution in [2.75, 3.05) is 0 Å². The highest BCUT2D eigenvalue weighted by Crippen LogP contribution is 2.14. The molecule has 0 radical (unpaired) electrons. The third-order valence-corrected chi connectivity index (χ3v) is 3.74. The Morgan fingerprint density at radius 3 is 2.67 bits per heavy atom. The van der Waals surface area contributed by atoms with Crippen LogP contribution in [0, 0.1) is 0 Å². The molecular formula is C12H11FN2O5S. The molecule has 3 amide bonds. The van der Waals surface area contributed by atoms with Crippen LogP contribution in [0.15, 0.2) is 29.2 Å². The molecule has 0 saturated carbocycles. The minimum Gasteiger partial charge on any atom is -0.340 e. The molecule has 112 valence electrons. The van der Waals surface area contributed by atoms with Crippen LogP contribution in [0.25, 0.3) is 0 Å². The van der Waals surface area contributed by atoms with Crippen LogP contribution in [0.4, 0.5) is 3.89 Å². The van der Waals surface area contributed by atoms with Crippen LogP contribution in [0.1, 0.15) is 23.2 Å². The van der Waals surface area contributed by atoms with Crippen molar-refractivity contribution in [3.8, 4) is 0 Å². The van der Waals surface area contributed by atoms with E-state index in [4.69, 9.17) is 0 Å². The number of hydrogen-bond acceptors (Lipinski definition) is 5. The largest absolute Gasteiger partial charge is 0.340 e. The first-order valence-corrected chi connectivity index (χ1v) is 7.35. The minimum atomic E-state index is -4.91. The number of piperidine rings is 1. The topological polar surface area (TPSA) is 109 Å². The van der Waals surface area contributed by atoms with Gasteiger partial charge in [-0.25, -0.2) is 0 Å². The number of carbonyl (C=O) groups excluding carboxylic acids is 3. The fourth-order valence-electron chi connectivity index (χ4n) is 1.86. The van der Waals surface area contributed by atoms with Gasteiger partial charge < -0.3 is 5.32 Å². The van der Waals surface area contributed by atoms with Crippen molar-refractivity contribution >= 4 is 27.9 Å². The van der Waals surface area contributed by atoms with Crippen LogP contribution in [-0.2, 0) is 19.8 Å². The highest BCUT2D eigenvalue weighted by Gasteiger charge is 2.28. The Morgan fingerprint density at radius 2 is 2.05 bits per heavy atom. The number of amides is 3. The molecule has 1 atom stereocenters. The van der Waals surface area contributed by atoms with E-state index in [1.165, 1.54) is 12.1 Å². The molecule has 1 aliphatic heterocycles. The van der Waals surface area contributed by atoms with Crippen LogP contribution in [0.3, 0.4) is 0 Å². The van der Waals surface area contributed by atoms with E-state index in [1.807, 2.05) is 0 Å². The molecule has 0 aromatic heterocycles. The van der Waals surface area contributed by atoms with Gasteiger partial charge in [0.1, 0.15) is 6.04 Å². The summed E-state index contributed by atoms with van der Waals surface area (Å²) >= 11 is 0. The summed E-state index contributed by atoms with van der Waals surface area (Å²) in [5.41, 5.74) is -0.0987. The second-order valence-corrected chi connectivity index (χ2v) is 5.79. The van der Waals surface area contributed by atoms with E-state index in [2.05, 4.69) is 10.6 Å². The smallest absolute Gasteiger partial charge is 0.332 e. The molecule has 1 heterocycles. The van der Waals surface area contributed by atoms with E-state index in [1.54, 1.807) is 0 Å². The van der Waals surface area contributed by atoms with Crippen molar-refractivity contribution in [1.82, 2.24) is 10.6 Å². The minimum absolute atomic E-state index is 0.0928. The number of imide groups is 1. The van der Waals surface area contributed by atoms with Gasteiger partial charge in [0, 0.05) is 12.0 Å². The quantitative estimate of drug-likeness (QED) is 0.597. The molecule has 1 saturated heterocycles. The van der Waals surface area contributed by atoms with Crippen molar-refractivity contribution in [3.05, 3.63) is 29.8 Å². The Kier molecular flexibility index (Phi) is 4.03. The van der Waals surface area contributed by atoms with E-state index >= 15 is 0 Å². The SMILES string of the molecule is O=C1CCC(NC(=O)c2cccc(S(=O)(=O)F)c2)C(=O)N1. The molecule has 1 aromatic rings. The Labute approximate surface area is 119 Å². The molecule has 2 N–H and O–H groups in total. The average Bonchev–Trinajstić information content (AvgIpc) is 2.41. The molecule has 0 bridgehead atoms. The summed E-state index contributed by atoms with van der Waals surface area (Å²) < 4.78 is 34.4. The number of nitrogens with one attached hydrogen (secondary N) is 2. The third kappa shape index (κ3) is 3.63. The van der Waals surface area contributed by atoms with Gasteiger partial charge in [0.15, 0.2) is 0 Å². The zero-order valence-electron chi connectivity index (χ0n) is 10.6. The van der Waals surface area contributed by atoms with Crippen LogP contribution in [-0.4, -0.2) is 32.2 Å². The number of halogens is 1. The van der Waals surface area contributed by atoms with Gasteiger partial charge in [0.05, 0.1) is 4.90 Å². The predicted octanol–water partition coefficient (Wildman–Crippen LogP) is -0.120. The van der Waals surface area contributed by atoms with Crippen molar-refractivity contribution in [1.29, 1.82) is 0 Å². The maximum Gasteiger partial charge on any atom is 0.332 e. The molecule has 0 spiro atoms. The van der Waals surface area contributed by atoms with Crippen molar-refractivity contribution in [2.24, 2.45) is 0 Å². The van der Waals surface area contributed by atoms with Gasteiger partial charge in [0.25, 0.3) is 5.91 Å². The average molecular weight is 314 g/mol. The first kappa shape index (κ1) is 15.1. The number of carbonyl (C=O) groups is 3. The zero-order valence-corrected chi connectivity index (χ0v) is 11.4. The molecule has 2 rings (SSSR count). The van der Waals surface area contributed by atoms with Gasteiger partial charge in [0.2, 0.25) is 11.8 Å². The first-order chi connectivity index (χ1) is 9.77. The molecule has 7 nitrogen and oxygen atoms in total. The molecule has 0 aliphatic carbocycles. The lowest BCUT2D eigenvalue weighted by atomic mass is 10.1. The molecule has 1 unspecified atom stereocenters. The lowest BCUT2D eigenvalue weighted by molar-refractivity contribution is -0.134. The third-order valence-electron chi connectivity index (χ3n) is 2.92. The molecular weight excluding hydrogens is 303 g/mol. The van der Waals surface area contributed by atoms with Crippen LogP contribution >= 0.6 is 0 Å². The number of rotatable bonds is 3. The maximum atomic E-state index is 12.9. The van der Waals surface area contributed by atoms with Crippen LogP contribution < -0.4 is 10.6 Å². The van der Waals surface area contributed by atoms with E-state index in [-0.39, 0.29) is 18.4 Å². The van der Waals surface area contributed by atoms with Crippen molar-refractivity contribution in [3.63, 3.8) is 0 Å². The van der Waals surface area contributed by atoms with Crippen molar-refractivity contribution < 1.29 is 26.7 Å². The summed E-state index contributed by atoms with van der Waals surface area (Å²) in [7, 11) is -4.91. The summed E-state index contributed by atoms with van der Waals surface area (Å²) in [6.45, 7) is 0. The van der Waals surface area contributed by atoms with E-state index in [0.717, 1.165) is 12.1 Å². The monoisotopic (exact) mass is 314 g/mol. The summed E-state index contributed by atoms with van der Waals surface area (Å²) in [5.74, 6) is -1.78. The maximum absolute atomic E-state index is 12.9. The zero-order chi connectivity index (χ0) is 15.6. The molecule has 9 heteroatoms. The van der Waals surface area contributed by atoms with Gasteiger partial charge in [-0.3, -0.25) is 19.7 Å². The predicted molar refractivity (Wildman–Crippen MR) is 68.4 cm³/mol. The summed E-state index contributed by atoms with van der Waals surface area (Å²) in [6.07, 6.45) is 0.243. The summed E-state index contributed by atoms with van der Waals surface area (Å²) in [5, 5.41) is 4.44. The normalized spacial score (nSPS) is 19.0. The van der Waals surface area contributed by atoms with Gasteiger partial charge in [-0.15, -0.1) is 3.89 Å². The second-order valence-electron chi connectivity index (χ2n) is 4.44. The van der Waals surface area contributed by atoms with Gasteiger partial charge in [-0.2, -0.15) is 8.42 Å². The Hall–Kier alpha value is -2.29. The molecule has 1 aliphatic rings. The fourth-order valence-corrected chi connectivity index (χ4v) is 2.37. The number of benzene rings is 1. The van der Waals surface area contributed by atoms with Crippen LogP contribution in [0.5, 0.6) is 0 Å². The van der Waals surface area contributed by atoms with Crippen LogP contribution in [0.2, 0.25) is 0 Å². The van der Waals surface area contributed by atoms with Gasteiger partial charge >= 0.3 is 10.2 Å². The van der Waals surface area contributed by atoms with E-state index < -0.39 is 38.9 Å². The number of hydrogen-bond donors (Lipinski definition) is 2. The lowest BCUT2D eigenvalue weighted by Gasteiger charge is -2.21. The lowest BCUT2D eigenvalue weighted by Crippen LogP contribution is -2.52. The summed E-state index contributed by atoms with van der Waals surface area (Å²) in [4.78, 5) is 33.8. The summed E-state index contributed by atoms with van der Waals surface area (Å²) in [6, 6.07) is 3.50. The van der Waals surface area contributed by atoms with E-state index in [9.17, 15) is 26.7 Å². The van der Waals surface area contributed by atoms with Gasteiger partial charge in [-0.1, -0.05) is 6.07 Å². The fraction of sp³-hybridized carbons (Fsp3) is 0.250. The van der Waals surface area contributed by atoms with Gasteiger partial charge in [-0.05, 0) is 24.6 Å².